The highest BCUT2D eigenvalue weighted by molar-refractivity contribution is 6.12. The van der Waals surface area contributed by atoms with E-state index in [1.54, 1.807) is 0 Å². The minimum absolute atomic E-state index is 0.0589. The average molecular weight is 1850 g/mol. The molecule has 27 rings (SSSR count). The second-order valence-corrected chi connectivity index (χ2v) is 40.9. The molecule has 0 saturated heterocycles. The van der Waals surface area contributed by atoms with Crippen molar-refractivity contribution in [2.75, 3.05) is 14.7 Å². The highest BCUT2D eigenvalue weighted by Gasteiger charge is 2.37. The van der Waals surface area contributed by atoms with Crippen LogP contribution in [-0.4, -0.2) is 0 Å². The third-order valence-electron chi connectivity index (χ3n) is 32.0. The molecule has 23 aromatic carbocycles. The smallest absolute Gasteiger partial charge is 0.0546 e. The summed E-state index contributed by atoms with van der Waals surface area (Å²) in [7, 11) is 0. The summed E-state index contributed by atoms with van der Waals surface area (Å²) in [5.74, 6) is 1.96. The van der Waals surface area contributed by atoms with Gasteiger partial charge in [-0.3, -0.25) is 0 Å². The van der Waals surface area contributed by atoms with Crippen molar-refractivity contribution in [2.24, 2.45) is 0 Å². The molecular weight excluding hydrogens is 1740 g/mol. The molecule has 23 aromatic rings. The number of hydrogen-bond acceptors (Lipinski definition) is 3. The molecule has 3 saturated carbocycles. The molecule has 3 nitrogen and oxygen atoms in total. The monoisotopic (exact) mass is 1850 g/mol. The van der Waals surface area contributed by atoms with E-state index in [0.717, 1.165) is 28.7 Å². The maximum atomic E-state index is 2.54. The van der Waals surface area contributed by atoms with E-state index < -0.39 is 0 Å². The standard InChI is InChI=1S/C53H45N.C47H37N.C41H33N/c1-53(2)48-27-14-13-26-45(48)47-35-42(30-32-49(47)53)54(41-23-15-22-40(34-41)36-16-5-3-6-17-36)50-33-29-38-19-10-12-25-44(38)52(50)46-31-28-37-18-9-11-24-43(37)51(46)39-20-7-4-8-21-39;1-2-10-33(9-1)36-17-19-37(20-18-36)38-23-27-43(28-24-38)48(44-29-25-35-12-4-6-15-41(35)32-44)46-30-26-39-13-7-8-16-45(39)47(46)42-22-21-34-11-3-5-14-40(34)31-42;1-2-10-29(9-1)32-19-23-37(24-20-32)42(38-25-21-31-12-4-6-15-35(31)28-38)40-26-22-33-13-7-8-16-39(33)41(40)36-18-17-30-11-3-5-14-34(30)27-36/h3,5-6,9-19,22-35,39H,4,7-8,20-21H2,1-2H3;3-8,11-33H,1-2,9-10H2;3-8,11-29H,1-2,9-10H2. The Morgan fingerprint density at radius 2 is 0.500 bits per heavy atom. The van der Waals surface area contributed by atoms with E-state index >= 15 is 0 Å². The number of hydrogen-bond donors (Lipinski definition) is 0. The van der Waals surface area contributed by atoms with Crippen LogP contribution in [-0.2, 0) is 5.41 Å². The van der Waals surface area contributed by atoms with E-state index in [1.165, 1.54) is 293 Å². The van der Waals surface area contributed by atoms with Crippen LogP contribution in [0.5, 0.6) is 0 Å². The topological polar surface area (TPSA) is 9.72 Å². The highest BCUT2D eigenvalue weighted by atomic mass is 15.2. The van der Waals surface area contributed by atoms with Crippen molar-refractivity contribution in [3.63, 3.8) is 0 Å². The first-order valence-electron chi connectivity index (χ1n) is 52.3. The maximum absolute atomic E-state index is 2.54. The Bertz CT molecular complexity index is 8730. The summed E-state index contributed by atoms with van der Waals surface area (Å²) in [6.07, 6.45) is 17.1. The van der Waals surface area contributed by atoms with Crippen LogP contribution >= 0.6 is 0 Å². The van der Waals surface area contributed by atoms with E-state index in [-0.39, 0.29) is 5.41 Å². The van der Waals surface area contributed by atoms with Gasteiger partial charge in [-0.1, -0.05) is 441 Å². The molecule has 4 aliphatic rings. The molecule has 0 atom stereocenters. The van der Waals surface area contributed by atoms with Gasteiger partial charge >= 0.3 is 0 Å². The molecule has 0 aromatic heterocycles. The summed E-state index contributed by atoms with van der Waals surface area (Å²) in [4.78, 5) is 7.44. The predicted molar refractivity (Wildman–Crippen MR) is 616 cm³/mol. The van der Waals surface area contributed by atoms with Crippen LogP contribution < -0.4 is 14.7 Å². The summed E-state index contributed by atoms with van der Waals surface area (Å²) in [5, 5.41) is 20.3. The van der Waals surface area contributed by atoms with Gasteiger partial charge in [0.1, 0.15) is 0 Å². The maximum Gasteiger partial charge on any atom is 0.0546 e. The first-order chi connectivity index (χ1) is 71.2. The molecule has 4 aliphatic carbocycles. The van der Waals surface area contributed by atoms with Gasteiger partial charge in [-0.15, -0.1) is 0 Å². The van der Waals surface area contributed by atoms with Crippen molar-refractivity contribution < 1.29 is 0 Å². The number of nitrogens with zero attached hydrogens (tertiary/aromatic N) is 3. The van der Waals surface area contributed by atoms with Crippen molar-refractivity contribution in [1.29, 1.82) is 0 Å². The third-order valence-corrected chi connectivity index (χ3v) is 32.0. The molecule has 0 heterocycles. The van der Waals surface area contributed by atoms with Crippen LogP contribution in [0.4, 0.5) is 51.2 Å². The molecule has 0 N–H and O–H groups in total. The Morgan fingerprint density at radius 1 is 0.181 bits per heavy atom. The quantitative estimate of drug-likeness (QED) is 0.0900. The van der Waals surface area contributed by atoms with E-state index in [2.05, 4.69) is 514 Å². The Balaban J connectivity index is 0.000000114. The third kappa shape index (κ3) is 17.1. The number of benzene rings is 23. The lowest BCUT2D eigenvalue weighted by molar-refractivity contribution is 0.446. The van der Waals surface area contributed by atoms with Crippen molar-refractivity contribution in [1.82, 2.24) is 0 Å². The zero-order valence-corrected chi connectivity index (χ0v) is 82.0. The number of anilines is 9. The largest absolute Gasteiger partial charge is 0.310 e. The fourth-order valence-electron chi connectivity index (χ4n) is 24.6. The van der Waals surface area contributed by atoms with Crippen LogP contribution in [0.3, 0.4) is 0 Å². The molecule has 0 unspecified atom stereocenters. The SMILES string of the molecule is CC1(C)c2ccccc2-c2cc(N(c3cccc(-c4ccccc4)c3)c3ccc4ccccc4c3-c3ccc4ccccc4c3C3CCCCC3)ccc21.c1ccc2cc(-c3c(N(c4ccc(-c5ccc(C6CCCC6)cc5)cc4)c4ccc5ccccc5c4)ccc4ccccc34)ccc2c1.c1ccc2cc(-c3c(N(c4ccc(C5CCCC5)cc4)c4ccc5ccccc5c4)ccc4ccccc34)ccc2c1. The van der Waals surface area contributed by atoms with Crippen LogP contribution in [0.25, 0.3) is 153 Å². The number of rotatable bonds is 17. The lowest BCUT2D eigenvalue weighted by atomic mass is 9.77. The molecule has 3 heteroatoms. The Labute approximate surface area is 846 Å². The molecule has 0 aliphatic heterocycles. The van der Waals surface area contributed by atoms with Gasteiger partial charge in [-0.05, 0) is 323 Å². The van der Waals surface area contributed by atoms with Crippen LogP contribution in [0.15, 0.2) is 485 Å². The first kappa shape index (κ1) is 88.9. The molecule has 3 fully saturated rings. The van der Waals surface area contributed by atoms with Gasteiger partial charge in [0.25, 0.3) is 0 Å². The van der Waals surface area contributed by atoms with E-state index in [1.807, 2.05) is 0 Å². The van der Waals surface area contributed by atoms with Crippen molar-refractivity contribution >= 4 is 137 Å². The van der Waals surface area contributed by atoms with E-state index in [0.29, 0.717) is 11.8 Å². The fourth-order valence-corrected chi connectivity index (χ4v) is 24.6. The molecular formula is C141H115N3. The van der Waals surface area contributed by atoms with Gasteiger partial charge in [0.05, 0.1) is 17.1 Å². The van der Waals surface area contributed by atoms with Gasteiger partial charge < -0.3 is 14.7 Å². The predicted octanol–water partition coefficient (Wildman–Crippen LogP) is 40.7. The highest BCUT2D eigenvalue weighted by Crippen LogP contribution is 2.56. The van der Waals surface area contributed by atoms with Crippen LogP contribution in [0.2, 0.25) is 0 Å². The molecule has 0 bridgehead atoms. The lowest BCUT2D eigenvalue weighted by Crippen LogP contribution is -2.16. The summed E-state index contributed by atoms with van der Waals surface area (Å²) >= 11 is 0. The minimum atomic E-state index is -0.0589. The van der Waals surface area contributed by atoms with Crippen LogP contribution in [0.1, 0.15) is 143 Å². The van der Waals surface area contributed by atoms with E-state index in [4.69, 9.17) is 0 Å². The second kappa shape index (κ2) is 38.9. The molecule has 0 spiro atoms. The summed E-state index contributed by atoms with van der Waals surface area (Å²) in [5.41, 5.74) is 32.9. The zero-order valence-electron chi connectivity index (χ0n) is 82.0. The summed E-state index contributed by atoms with van der Waals surface area (Å²) < 4.78 is 0. The Hall–Kier alpha value is -16.5. The fraction of sp³-hybridized carbons (Fsp3) is 0.135. The lowest BCUT2D eigenvalue weighted by Gasteiger charge is -2.32. The van der Waals surface area contributed by atoms with Gasteiger partial charge in [-0.2, -0.15) is 0 Å². The Kier molecular flexibility index (Phi) is 24.0. The van der Waals surface area contributed by atoms with Crippen LogP contribution in [0, 0.1) is 0 Å². The summed E-state index contributed by atoms with van der Waals surface area (Å²) in [6, 6.07) is 180. The summed E-state index contributed by atoms with van der Waals surface area (Å²) in [6.45, 7) is 4.73. The Morgan fingerprint density at radius 3 is 1.01 bits per heavy atom. The average Bonchev–Trinajstić information content (AvgIpc) is 1.49. The zero-order chi connectivity index (χ0) is 96.0. The van der Waals surface area contributed by atoms with Gasteiger partial charge in [0, 0.05) is 56.2 Å². The van der Waals surface area contributed by atoms with E-state index in [9.17, 15) is 0 Å². The van der Waals surface area contributed by atoms with Gasteiger partial charge in [-0.25, -0.2) is 0 Å². The second-order valence-electron chi connectivity index (χ2n) is 40.9. The van der Waals surface area contributed by atoms with Crippen molar-refractivity contribution in [3.8, 4) is 66.8 Å². The minimum Gasteiger partial charge on any atom is -0.310 e. The molecule has 144 heavy (non-hydrogen) atoms. The van der Waals surface area contributed by atoms with Crippen molar-refractivity contribution in [3.05, 3.63) is 513 Å². The van der Waals surface area contributed by atoms with Gasteiger partial charge in [0.2, 0.25) is 0 Å². The molecule has 0 radical (unpaired) electrons. The molecule has 0 amide bonds. The van der Waals surface area contributed by atoms with Crippen molar-refractivity contribution in [2.45, 2.75) is 120 Å². The van der Waals surface area contributed by atoms with Gasteiger partial charge in [0.15, 0.2) is 0 Å². The number of fused-ring (bicyclic) bond motifs is 11. The normalized spacial score (nSPS) is 14.1. The first-order valence-corrected chi connectivity index (χ1v) is 52.3. The molecule has 694 valence electrons.